The molecule has 0 atom stereocenters. The molecule has 1 heterocycles. The zero-order valence-electron chi connectivity index (χ0n) is 7.01. The molecule has 0 spiro atoms. The van der Waals surface area contributed by atoms with Gasteiger partial charge in [0.05, 0.1) is 8.41 Å². The highest BCUT2D eigenvalue weighted by atomic mass is 16.3. The van der Waals surface area contributed by atoms with Crippen molar-refractivity contribution in [3.8, 4) is 17.0 Å². The number of rotatable bonds is 1. The third-order valence-corrected chi connectivity index (χ3v) is 1.83. The van der Waals surface area contributed by atoms with Crippen LogP contribution in [0, 0.1) is 0 Å². The van der Waals surface area contributed by atoms with Crippen molar-refractivity contribution in [1.29, 1.82) is 0 Å². The second-order valence-corrected chi connectivity index (χ2v) is 2.74. The van der Waals surface area contributed by atoms with E-state index < -0.39 is 0 Å². The molecule has 0 bridgehead atoms. The normalized spacial score (nSPS) is 9.14. The summed E-state index contributed by atoms with van der Waals surface area (Å²) in [6.07, 6.45) is 1.67. The lowest BCUT2D eigenvalue weighted by Crippen LogP contribution is -1.82. The van der Waals surface area contributed by atoms with E-state index in [1.54, 1.807) is 18.3 Å². The molecule has 0 aliphatic heterocycles. The third kappa shape index (κ3) is 1.94. The van der Waals surface area contributed by atoms with Gasteiger partial charge in [-0.3, -0.25) is 4.98 Å². The van der Waals surface area contributed by atoms with Crippen molar-refractivity contribution in [1.82, 2.24) is 4.98 Å². The van der Waals surface area contributed by atoms with E-state index in [0.717, 1.165) is 5.56 Å². The quantitative estimate of drug-likeness (QED) is 0.678. The molecule has 1 aromatic carbocycles. The molecule has 0 amide bonds. The van der Waals surface area contributed by atoms with Gasteiger partial charge < -0.3 is 5.11 Å². The number of benzene rings is 1. The van der Waals surface area contributed by atoms with Crippen LogP contribution in [-0.2, 0) is 0 Å². The SMILES string of the molecule is B.Oc1cccnc1-c1ccccc1. The first-order valence-corrected chi connectivity index (χ1v) is 4.07. The van der Waals surface area contributed by atoms with Crippen LogP contribution < -0.4 is 0 Å². The molecule has 0 saturated carbocycles. The average Bonchev–Trinajstić information content (AvgIpc) is 2.20. The Morgan fingerprint density at radius 3 is 2.29 bits per heavy atom. The number of aromatic nitrogens is 1. The fraction of sp³-hybridized carbons (Fsp3) is 0. The molecule has 2 rings (SSSR count). The summed E-state index contributed by atoms with van der Waals surface area (Å²) < 4.78 is 0. The van der Waals surface area contributed by atoms with E-state index in [1.165, 1.54) is 0 Å². The molecule has 0 unspecified atom stereocenters. The highest BCUT2D eigenvalue weighted by Gasteiger charge is 2.02. The van der Waals surface area contributed by atoms with E-state index in [1.807, 2.05) is 30.3 Å². The maximum atomic E-state index is 9.50. The number of nitrogens with zero attached hydrogens (tertiary/aromatic N) is 1. The highest BCUT2D eigenvalue weighted by molar-refractivity contribution is 5.75. The van der Waals surface area contributed by atoms with Crippen LogP contribution in [-0.4, -0.2) is 18.5 Å². The van der Waals surface area contributed by atoms with Gasteiger partial charge in [0, 0.05) is 11.8 Å². The zero-order chi connectivity index (χ0) is 9.10. The smallest absolute Gasteiger partial charge is 0.141 e. The predicted octanol–water partition coefficient (Wildman–Crippen LogP) is 1.27. The Balaban J connectivity index is 0.000000980. The van der Waals surface area contributed by atoms with Gasteiger partial charge in [-0.2, -0.15) is 0 Å². The Kier molecular flexibility index (Phi) is 3.29. The van der Waals surface area contributed by atoms with Crippen molar-refractivity contribution < 1.29 is 5.11 Å². The lowest BCUT2D eigenvalue weighted by molar-refractivity contribution is 0.475. The number of pyridine rings is 1. The molecule has 1 aromatic heterocycles. The van der Waals surface area contributed by atoms with Crippen molar-refractivity contribution in [2.24, 2.45) is 0 Å². The minimum absolute atomic E-state index is 0. The van der Waals surface area contributed by atoms with Crippen molar-refractivity contribution in [3.63, 3.8) is 0 Å². The summed E-state index contributed by atoms with van der Waals surface area (Å²) in [6, 6.07) is 13.0. The average molecular weight is 185 g/mol. The summed E-state index contributed by atoms with van der Waals surface area (Å²) >= 11 is 0. The van der Waals surface area contributed by atoms with Gasteiger partial charge in [0.1, 0.15) is 11.4 Å². The molecule has 0 saturated heterocycles. The van der Waals surface area contributed by atoms with Gasteiger partial charge in [0.2, 0.25) is 0 Å². The lowest BCUT2D eigenvalue weighted by atomic mass is 10.1. The second-order valence-electron chi connectivity index (χ2n) is 2.74. The van der Waals surface area contributed by atoms with E-state index in [9.17, 15) is 5.11 Å². The van der Waals surface area contributed by atoms with E-state index >= 15 is 0 Å². The number of aromatic hydroxyl groups is 1. The molecule has 3 heteroatoms. The Bertz CT molecular complexity index is 403. The number of hydrogen-bond acceptors (Lipinski definition) is 2. The topological polar surface area (TPSA) is 33.1 Å². The summed E-state index contributed by atoms with van der Waals surface area (Å²) in [5.41, 5.74) is 1.56. The van der Waals surface area contributed by atoms with Crippen LogP contribution in [0.15, 0.2) is 48.7 Å². The van der Waals surface area contributed by atoms with E-state index in [2.05, 4.69) is 4.98 Å². The molecule has 2 aromatic rings. The summed E-state index contributed by atoms with van der Waals surface area (Å²) in [7, 11) is 0. The molecule has 0 aliphatic rings. The van der Waals surface area contributed by atoms with Crippen molar-refractivity contribution in [3.05, 3.63) is 48.7 Å². The van der Waals surface area contributed by atoms with E-state index in [0.29, 0.717) is 5.69 Å². The second kappa shape index (κ2) is 4.47. The Hall–Kier alpha value is -1.77. The maximum absolute atomic E-state index is 9.50. The minimum Gasteiger partial charge on any atom is -0.506 e. The fourth-order valence-electron chi connectivity index (χ4n) is 1.22. The molecule has 14 heavy (non-hydrogen) atoms. The summed E-state index contributed by atoms with van der Waals surface area (Å²) in [4.78, 5) is 4.10. The lowest BCUT2D eigenvalue weighted by Gasteiger charge is -2.01. The third-order valence-electron chi connectivity index (χ3n) is 1.83. The van der Waals surface area contributed by atoms with Gasteiger partial charge in [0.25, 0.3) is 0 Å². The van der Waals surface area contributed by atoms with E-state index in [-0.39, 0.29) is 14.2 Å². The molecule has 0 aliphatic carbocycles. The van der Waals surface area contributed by atoms with E-state index in [4.69, 9.17) is 0 Å². The first kappa shape index (κ1) is 10.3. The molecular weight excluding hydrogens is 173 g/mol. The van der Waals surface area contributed by atoms with Gasteiger partial charge in [0.15, 0.2) is 0 Å². The summed E-state index contributed by atoms with van der Waals surface area (Å²) in [5.74, 6) is 0.216. The van der Waals surface area contributed by atoms with Gasteiger partial charge in [-0.1, -0.05) is 30.3 Å². The van der Waals surface area contributed by atoms with Gasteiger partial charge in [-0.25, -0.2) is 0 Å². The largest absolute Gasteiger partial charge is 0.506 e. The molecular formula is C11H12BNO. The Morgan fingerprint density at radius 1 is 0.929 bits per heavy atom. The molecule has 1 N–H and O–H groups in total. The van der Waals surface area contributed by atoms with Gasteiger partial charge in [-0.05, 0) is 12.1 Å². The Morgan fingerprint density at radius 2 is 1.64 bits per heavy atom. The molecule has 70 valence electrons. The molecule has 0 radical (unpaired) electrons. The Labute approximate surface area is 84.8 Å². The van der Waals surface area contributed by atoms with Crippen LogP contribution in [0.4, 0.5) is 0 Å². The number of hydrogen-bond donors (Lipinski definition) is 1. The maximum Gasteiger partial charge on any atom is 0.141 e. The van der Waals surface area contributed by atoms with Crippen LogP contribution in [0.25, 0.3) is 11.3 Å². The standard InChI is InChI=1S/C11H9NO.BH3/c13-10-7-4-8-12-11(10)9-5-2-1-3-6-9;/h1-8,13H;1H3. The highest BCUT2D eigenvalue weighted by Crippen LogP contribution is 2.25. The minimum atomic E-state index is 0. The van der Waals surface area contributed by atoms with Gasteiger partial charge in [-0.15, -0.1) is 0 Å². The zero-order valence-corrected chi connectivity index (χ0v) is 7.01. The molecule has 2 nitrogen and oxygen atoms in total. The van der Waals surface area contributed by atoms with Crippen LogP contribution in [0.3, 0.4) is 0 Å². The van der Waals surface area contributed by atoms with Crippen LogP contribution in [0.1, 0.15) is 0 Å². The molecule has 0 fully saturated rings. The summed E-state index contributed by atoms with van der Waals surface area (Å²) in [6.45, 7) is 0. The summed E-state index contributed by atoms with van der Waals surface area (Å²) in [5, 5.41) is 9.50. The predicted molar refractivity (Wildman–Crippen MR) is 61.3 cm³/mol. The monoisotopic (exact) mass is 185 g/mol. The van der Waals surface area contributed by atoms with Crippen LogP contribution in [0.5, 0.6) is 5.75 Å². The van der Waals surface area contributed by atoms with Crippen molar-refractivity contribution in [2.75, 3.05) is 0 Å². The first-order valence-electron chi connectivity index (χ1n) is 4.07. The van der Waals surface area contributed by atoms with Crippen molar-refractivity contribution >= 4 is 8.41 Å². The van der Waals surface area contributed by atoms with Gasteiger partial charge >= 0.3 is 0 Å². The first-order chi connectivity index (χ1) is 6.38. The van der Waals surface area contributed by atoms with Crippen LogP contribution >= 0.6 is 0 Å². The van der Waals surface area contributed by atoms with Crippen LogP contribution in [0.2, 0.25) is 0 Å². The fourth-order valence-corrected chi connectivity index (χ4v) is 1.22. The van der Waals surface area contributed by atoms with Crippen molar-refractivity contribution in [2.45, 2.75) is 0 Å².